The van der Waals surface area contributed by atoms with E-state index >= 15 is 0 Å². The quantitative estimate of drug-likeness (QED) is 0.710. The minimum atomic E-state index is 0.255. The van der Waals surface area contributed by atoms with Crippen LogP contribution in [0.15, 0.2) is 34.7 Å². The van der Waals surface area contributed by atoms with Gasteiger partial charge in [0.15, 0.2) is 0 Å². The highest BCUT2D eigenvalue weighted by Gasteiger charge is 2.50. The standard InChI is InChI=1S/C23H34N4O2/c1-18(2)15-27-16-21(22-25-24-19(3)29-22)23(17-27)9-11-26(12-10-23)13-14-28-20-7-5-4-6-8-20/h4-8,18,21H,9-17H2,1-3H3. The molecule has 0 N–H and O–H groups in total. The summed E-state index contributed by atoms with van der Waals surface area (Å²) in [6, 6.07) is 10.1. The lowest BCUT2D eigenvalue weighted by Gasteiger charge is -2.41. The molecule has 0 amide bonds. The van der Waals surface area contributed by atoms with Crippen molar-refractivity contribution in [3.63, 3.8) is 0 Å². The molecule has 1 spiro atoms. The van der Waals surface area contributed by atoms with E-state index in [1.165, 1.54) is 12.8 Å². The minimum Gasteiger partial charge on any atom is -0.492 e. The number of likely N-dealkylation sites (tertiary alicyclic amines) is 2. The van der Waals surface area contributed by atoms with Crippen LogP contribution in [0.25, 0.3) is 0 Å². The third kappa shape index (κ3) is 4.81. The molecule has 0 saturated carbocycles. The van der Waals surface area contributed by atoms with Gasteiger partial charge in [0.25, 0.3) is 0 Å². The van der Waals surface area contributed by atoms with Gasteiger partial charge in [0.1, 0.15) is 12.4 Å². The lowest BCUT2D eigenvalue weighted by Crippen LogP contribution is -2.45. The number of rotatable bonds is 7. The molecular weight excluding hydrogens is 364 g/mol. The first kappa shape index (κ1) is 20.4. The first-order valence-corrected chi connectivity index (χ1v) is 11.0. The maximum Gasteiger partial charge on any atom is 0.221 e. The Hall–Kier alpha value is -1.92. The van der Waals surface area contributed by atoms with E-state index in [9.17, 15) is 0 Å². The van der Waals surface area contributed by atoms with E-state index in [4.69, 9.17) is 9.15 Å². The van der Waals surface area contributed by atoms with Gasteiger partial charge in [-0.2, -0.15) is 0 Å². The molecule has 0 aliphatic carbocycles. The summed E-state index contributed by atoms with van der Waals surface area (Å²) >= 11 is 0. The summed E-state index contributed by atoms with van der Waals surface area (Å²) in [6.45, 7) is 13.7. The highest BCUT2D eigenvalue weighted by molar-refractivity contribution is 5.20. The van der Waals surface area contributed by atoms with E-state index in [0.717, 1.165) is 57.5 Å². The van der Waals surface area contributed by atoms with Crippen molar-refractivity contribution in [1.29, 1.82) is 0 Å². The lowest BCUT2D eigenvalue weighted by atomic mass is 9.70. The third-order valence-electron chi connectivity index (χ3n) is 6.45. The largest absolute Gasteiger partial charge is 0.492 e. The molecule has 2 aliphatic heterocycles. The summed E-state index contributed by atoms with van der Waals surface area (Å²) in [5.41, 5.74) is 0.255. The Balaban J connectivity index is 1.36. The van der Waals surface area contributed by atoms with Crippen LogP contribution in [-0.4, -0.2) is 65.9 Å². The molecule has 1 aromatic heterocycles. The predicted octanol–water partition coefficient (Wildman–Crippen LogP) is 3.59. The van der Waals surface area contributed by atoms with Gasteiger partial charge in [-0.25, -0.2) is 0 Å². The van der Waals surface area contributed by atoms with E-state index in [1.807, 2.05) is 37.3 Å². The summed E-state index contributed by atoms with van der Waals surface area (Å²) in [4.78, 5) is 5.15. The number of hydrogen-bond acceptors (Lipinski definition) is 6. The van der Waals surface area contributed by atoms with Gasteiger partial charge in [-0.05, 0) is 49.4 Å². The maximum absolute atomic E-state index is 5.91. The molecule has 1 unspecified atom stereocenters. The average Bonchev–Trinajstić information content (AvgIpc) is 3.27. The molecule has 29 heavy (non-hydrogen) atoms. The SMILES string of the molecule is Cc1nnc(C2CN(CC(C)C)CC23CCN(CCOc2ccccc2)CC3)o1. The molecule has 1 atom stereocenters. The monoisotopic (exact) mass is 398 g/mol. The fourth-order valence-electron chi connectivity index (χ4n) is 5.06. The molecular formula is C23H34N4O2. The van der Waals surface area contributed by atoms with Crippen LogP contribution in [0.4, 0.5) is 0 Å². The number of ether oxygens (including phenoxy) is 1. The Bertz CT molecular complexity index is 768. The van der Waals surface area contributed by atoms with Gasteiger partial charge in [-0.3, -0.25) is 4.90 Å². The van der Waals surface area contributed by atoms with Gasteiger partial charge in [0.2, 0.25) is 11.8 Å². The van der Waals surface area contributed by atoms with E-state index in [0.29, 0.717) is 17.7 Å². The molecule has 2 aromatic rings. The summed E-state index contributed by atoms with van der Waals surface area (Å²) in [7, 11) is 0. The molecule has 2 fully saturated rings. The number of benzene rings is 1. The zero-order chi connectivity index (χ0) is 20.3. The van der Waals surface area contributed by atoms with Crippen molar-refractivity contribution in [2.75, 3.05) is 45.9 Å². The molecule has 0 bridgehead atoms. The van der Waals surface area contributed by atoms with Crippen LogP contribution in [0.1, 0.15) is 44.4 Å². The van der Waals surface area contributed by atoms with Crippen LogP contribution in [0.5, 0.6) is 5.75 Å². The second-order valence-electron chi connectivity index (χ2n) is 9.17. The van der Waals surface area contributed by atoms with Gasteiger partial charge >= 0.3 is 0 Å². The first-order chi connectivity index (χ1) is 14.0. The Labute approximate surface area is 174 Å². The van der Waals surface area contributed by atoms with E-state index in [-0.39, 0.29) is 5.41 Å². The van der Waals surface area contributed by atoms with Gasteiger partial charge < -0.3 is 14.1 Å². The highest BCUT2D eigenvalue weighted by atomic mass is 16.5. The van der Waals surface area contributed by atoms with E-state index in [1.54, 1.807) is 0 Å². The van der Waals surface area contributed by atoms with Gasteiger partial charge in [-0.15, -0.1) is 10.2 Å². The van der Waals surface area contributed by atoms with Crippen LogP contribution in [-0.2, 0) is 0 Å². The van der Waals surface area contributed by atoms with Crippen LogP contribution in [0.3, 0.4) is 0 Å². The molecule has 4 rings (SSSR count). The highest BCUT2D eigenvalue weighted by Crippen LogP contribution is 2.49. The lowest BCUT2D eigenvalue weighted by molar-refractivity contribution is 0.0798. The first-order valence-electron chi connectivity index (χ1n) is 11.0. The fraction of sp³-hybridized carbons (Fsp3) is 0.652. The third-order valence-corrected chi connectivity index (χ3v) is 6.45. The fourth-order valence-corrected chi connectivity index (χ4v) is 5.06. The maximum atomic E-state index is 5.91. The minimum absolute atomic E-state index is 0.255. The summed E-state index contributed by atoms with van der Waals surface area (Å²) < 4.78 is 11.8. The van der Waals surface area contributed by atoms with Crippen molar-refractivity contribution in [3.05, 3.63) is 42.1 Å². The van der Waals surface area contributed by atoms with Crippen molar-refractivity contribution in [1.82, 2.24) is 20.0 Å². The predicted molar refractivity (Wildman–Crippen MR) is 113 cm³/mol. The molecule has 158 valence electrons. The number of hydrogen-bond donors (Lipinski definition) is 0. The van der Waals surface area contributed by atoms with Crippen molar-refractivity contribution in [3.8, 4) is 5.75 Å². The Morgan fingerprint density at radius 2 is 1.90 bits per heavy atom. The second kappa shape index (κ2) is 8.84. The van der Waals surface area contributed by atoms with Crippen LogP contribution in [0.2, 0.25) is 0 Å². The summed E-state index contributed by atoms with van der Waals surface area (Å²) in [6.07, 6.45) is 2.36. The number of aromatic nitrogens is 2. The van der Waals surface area contributed by atoms with E-state index < -0.39 is 0 Å². The van der Waals surface area contributed by atoms with E-state index in [2.05, 4.69) is 33.8 Å². The summed E-state index contributed by atoms with van der Waals surface area (Å²) in [5.74, 6) is 3.49. The normalized spacial score (nSPS) is 22.6. The Kier molecular flexibility index (Phi) is 6.20. The Morgan fingerprint density at radius 1 is 1.14 bits per heavy atom. The van der Waals surface area contributed by atoms with Crippen molar-refractivity contribution >= 4 is 0 Å². The molecule has 6 nitrogen and oxygen atoms in total. The second-order valence-corrected chi connectivity index (χ2v) is 9.17. The topological polar surface area (TPSA) is 54.6 Å². The van der Waals surface area contributed by atoms with Crippen molar-refractivity contribution < 1.29 is 9.15 Å². The van der Waals surface area contributed by atoms with Crippen LogP contribution < -0.4 is 4.74 Å². The zero-order valence-electron chi connectivity index (χ0n) is 18.0. The molecule has 2 saturated heterocycles. The molecule has 1 aromatic carbocycles. The number of para-hydroxylation sites is 1. The Morgan fingerprint density at radius 3 is 2.55 bits per heavy atom. The number of nitrogens with zero attached hydrogens (tertiary/aromatic N) is 4. The zero-order valence-corrected chi connectivity index (χ0v) is 18.0. The smallest absolute Gasteiger partial charge is 0.221 e. The van der Waals surface area contributed by atoms with Crippen LogP contribution in [0, 0.1) is 18.3 Å². The number of aryl methyl sites for hydroxylation is 1. The molecule has 6 heteroatoms. The molecule has 3 heterocycles. The van der Waals surface area contributed by atoms with Crippen molar-refractivity contribution in [2.24, 2.45) is 11.3 Å². The average molecular weight is 399 g/mol. The number of piperidine rings is 1. The van der Waals surface area contributed by atoms with Crippen LogP contribution >= 0.6 is 0 Å². The molecule has 0 radical (unpaired) electrons. The summed E-state index contributed by atoms with van der Waals surface area (Å²) in [5, 5.41) is 8.53. The van der Waals surface area contributed by atoms with Gasteiger partial charge in [0.05, 0.1) is 5.92 Å². The van der Waals surface area contributed by atoms with Gasteiger partial charge in [0, 0.05) is 33.1 Å². The van der Waals surface area contributed by atoms with Crippen molar-refractivity contribution in [2.45, 2.75) is 39.5 Å². The molecule has 2 aliphatic rings. The van der Waals surface area contributed by atoms with Gasteiger partial charge in [-0.1, -0.05) is 32.0 Å².